The van der Waals surface area contributed by atoms with E-state index in [1.54, 1.807) is 11.8 Å². The molecule has 0 aliphatic rings. The van der Waals surface area contributed by atoms with Gasteiger partial charge in [-0.15, -0.1) is 0 Å². The van der Waals surface area contributed by atoms with Gasteiger partial charge in [-0.2, -0.15) is 0 Å². The molecule has 0 saturated carbocycles. The predicted octanol–water partition coefficient (Wildman–Crippen LogP) is 3.68. The average Bonchev–Trinajstić information content (AvgIpc) is 2.45. The van der Waals surface area contributed by atoms with Gasteiger partial charge in [0, 0.05) is 24.7 Å². The number of hydrogen-bond donors (Lipinski definition) is 0. The first kappa shape index (κ1) is 12.6. The predicted molar refractivity (Wildman–Crippen MR) is 83.1 cm³/mol. The van der Waals surface area contributed by atoms with E-state index in [1.807, 2.05) is 56.4 Å². The monoisotopic (exact) mass is 264 g/mol. The van der Waals surface area contributed by atoms with E-state index in [0.29, 0.717) is 0 Å². The molecule has 0 unspecified atom stereocenters. The van der Waals surface area contributed by atoms with E-state index < -0.39 is 0 Å². The Kier molecular flexibility index (Phi) is 2.90. The number of para-hydroxylation sites is 2. The average molecular weight is 264 g/mol. The molecular weight excluding hydrogens is 248 g/mol. The summed E-state index contributed by atoms with van der Waals surface area (Å²) < 4.78 is 0. The minimum atomic E-state index is 0.0177. The van der Waals surface area contributed by atoms with E-state index in [0.717, 1.165) is 33.1 Å². The van der Waals surface area contributed by atoms with Crippen LogP contribution in [0.4, 0.5) is 5.69 Å². The smallest absolute Gasteiger partial charge is 0.223 e. The van der Waals surface area contributed by atoms with Crippen LogP contribution in [0.1, 0.15) is 12.5 Å². The first-order valence-corrected chi connectivity index (χ1v) is 6.62. The number of amides is 1. The molecule has 0 aliphatic carbocycles. The molecule has 1 aromatic heterocycles. The van der Waals surface area contributed by atoms with Crippen LogP contribution in [-0.2, 0) is 4.79 Å². The molecule has 3 rings (SSSR count). The molecule has 0 aliphatic heterocycles. The SMILES string of the molecule is CC(=O)N(C)c1c2ccccc2nc2c(C)cccc12. The first-order chi connectivity index (χ1) is 9.59. The maximum absolute atomic E-state index is 11.8. The summed E-state index contributed by atoms with van der Waals surface area (Å²) in [6, 6.07) is 14.0. The molecule has 0 atom stereocenters. The third-order valence-corrected chi connectivity index (χ3v) is 3.69. The molecular formula is C17H16N2O. The van der Waals surface area contributed by atoms with Crippen molar-refractivity contribution in [3.05, 3.63) is 48.0 Å². The van der Waals surface area contributed by atoms with Crippen LogP contribution < -0.4 is 4.90 Å². The summed E-state index contributed by atoms with van der Waals surface area (Å²) in [5.41, 5.74) is 3.92. The Morgan fingerprint density at radius 2 is 1.75 bits per heavy atom. The molecule has 0 N–H and O–H groups in total. The zero-order valence-electron chi connectivity index (χ0n) is 11.8. The highest BCUT2D eigenvalue weighted by atomic mass is 16.2. The van der Waals surface area contributed by atoms with Gasteiger partial charge in [-0.1, -0.05) is 36.4 Å². The van der Waals surface area contributed by atoms with Gasteiger partial charge in [0.05, 0.1) is 16.7 Å². The van der Waals surface area contributed by atoms with Crippen molar-refractivity contribution in [3.8, 4) is 0 Å². The summed E-state index contributed by atoms with van der Waals surface area (Å²) in [6.45, 7) is 3.62. The molecule has 0 spiro atoms. The highest BCUT2D eigenvalue weighted by molar-refractivity contribution is 6.13. The van der Waals surface area contributed by atoms with Crippen LogP contribution in [0.25, 0.3) is 21.8 Å². The van der Waals surface area contributed by atoms with Crippen molar-refractivity contribution in [2.75, 3.05) is 11.9 Å². The van der Waals surface area contributed by atoms with Gasteiger partial charge in [0.2, 0.25) is 5.91 Å². The molecule has 1 heterocycles. The molecule has 0 fully saturated rings. The van der Waals surface area contributed by atoms with Crippen molar-refractivity contribution in [1.29, 1.82) is 0 Å². The Morgan fingerprint density at radius 1 is 1.05 bits per heavy atom. The largest absolute Gasteiger partial charge is 0.314 e. The van der Waals surface area contributed by atoms with Gasteiger partial charge < -0.3 is 4.90 Å². The molecule has 20 heavy (non-hydrogen) atoms. The van der Waals surface area contributed by atoms with Crippen LogP contribution in [0.2, 0.25) is 0 Å². The van der Waals surface area contributed by atoms with Crippen LogP contribution in [0.3, 0.4) is 0 Å². The van der Waals surface area contributed by atoms with Crippen molar-refractivity contribution in [2.45, 2.75) is 13.8 Å². The van der Waals surface area contributed by atoms with Gasteiger partial charge in [-0.3, -0.25) is 4.79 Å². The van der Waals surface area contributed by atoms with Crippen molar-refractivity contribution in [3.63, 3.8) is 0 Å². The minimum absolute atomic E-state index is 0.0177. The van der Waals surface area contributed by atoms with Crippen LogP contribution >= 0.6 is 0 Å². The molecule has 3 aromatic rings. The normalized spacial score (nSPS) is 10.9. The van der Waals surface area contributed by atoms with E-state index in [1.165, 1.54) is 0 Å². The standard InChI is InChI=1S/C17H16N2O/c1-11-7-6-9-14-16(11)18-15-10-5-4-8-13(15)17(14)19(3)12(2)20/h4-10H,1-3H3. The van der Waals surface area contributed by atoms with Gasteiger partial charge in [-0.25, -0.2) is 4.98 Å². The Bertz CT molecular complexity index is 824. The topological polar surface area (TPSA) is 33.2 Å². The third kappa shape index (κ3) is 1.83. The second-order valence-corrected chi connectivity index (χ2v) is 5.03. The van der Waals surface area contributed by atoms with E-state index in [4.69, 9.17) is 4.98 Å². The fourth-order valence-electron chi connectivity index (χ4n) is 2.55. The molecule has 100 valence electrons. The lowest BCUT2D eigenvalue weighted by atomic mass is 10.0. The molecule has 3 heteroatoms. The Hall–Kier alpha value is -2.42. The fourth-order valence-corrected chi connectivity index (χ4v) is 2.55. The van der Waals surface area contributed by atoms with Crippen LogP contribution in [0.15, 0.2) is 42.5 Å². The second-order valence-electron chi connectivity index (χ2n) is 5.03. The number of carbonyl (C=O) groups is 1. The number of fused-ring (bicyclic) bond motifs is 2. The third-order valence-electron chi connectivity index (χ3n) is 3.69. The summed E-state index contributed by atoms with van der Waals surface area (Å²) in [4.78, 5) is 18.3. The summed E-state index contributed by atoms with van der Waals surface area (Å²) in [6.07, 6.45) is 0. The summed E-state index contributed by atoms with van der Waals surface area (Å²) >= 11 is 0. The maximum atomic E-state index is 11.8. The van der Waals surface area contributed by atoms with Crippen molar-refractivity contribution < 1.29 is 4.79 Å². The van der Waals surface area contributed by atoms with Crippen molar-refractivity contribution in [2.24, 2.45) is 0 Å². The number of hydrogen-bond acceptors (Lipinski definition) is 2. The number of benzene rings is 2. The molecule has 0 bridgehead atoms. The molecule has 1 amide bonds. The Morgan fingerprint density at radius 3 is 2.50 bits per heavy atom. The molecule has 2 aromatic carbocycles. The van der Waals surface area contributed by atoms with Crippen molar-refractivity contribution in [1.82, 2.24) is 4.98 Å². The van der Waals surface area contributed by atoms with Crippen molar-refractivity contribution >= 4 is 33.4 Å². The first-order valence-electron chi connectivity index (χ1n) is 6.62. The lowest BCUT2D eigenvalue weighted by Crippen LogP contribution is -2.23. The van der Waals surface area contributed by atoms with E-state index >= 15 is 0 Å². The fraction of sp³-hybridized carbons (Fsp3) is 0.176. The lowest BCUT2D eigenvalue weighted by molar-refractivity contribution is -0.116. The minimum Gasteiger partial charge on any atom is -0.314 e. The highest BCUT2D eigenvalue weighted by Crippen LogP contribution is 2.34. The van der Waals surface area contributed by atoms with Crippen LogP contribution in [-0.4, -0.2) is 17.9 Å². The second kappa shape index (κ2) is 4.60. The van der Waals surface area contributed by atoms with Crippen LogP contribution in [0.5, 0.6) is 0 Å². The number of anilines is 1. The number of rotatable bonds is 1. The van der Waals surface area contributed by atoms with Gasteiger partial charge in [0.15, 0.2) is 0 Å². The number of aromatic nitrogens is 1. The summed E-state index contributed by atoms with van der Waals surface area (Å²) in [5, 5.41) is 2.02. The summed E-state index contributed by atoms with van der Waals surface area (Å²) in [5.74, 6) is 0.0177. The lowest BCUT2D eigenvalue weighted by Gasteiger charge is -2.20. The quantitative estimate of drug-likeness (QED) is 0.628. The van der Waals surface area contributed by atoms with Gasteiger partial charge in [0.25, 0.3) is 0 Å². The zero-order valence-corrected chi connectivity index (χ0v) is 11.8. The van der Waals surface area contributed by atoms with E-state index in [-0.39, 0.29) is 5.91 Å². The van der Waals surface area contributed by atoms with Gasteiger partial charge in [-0.05, 0) is 18.6 Å². The van der Waals surface area contributed by atoms with Crippen LogP contribution in [0, 0.1) is 6.92 Å². The van der Waals surface area contributed by atoms with Gasteiger partial charge >= 0.3 is 0 Å². The number of pyridine rings is 1. The van der Waals surface area contributed by atoms with Gasteiger partial charge in [0.1, 0.15) is 0 Å². The zero-order chi connectivity index (χ0) is 14.3. The Balaban J connectivity index is 2.53. The van der Waals surface area contributed by atoms with E-state index in [9.17, 15) is 4.79 Å². The Labute approximate surface area is 117 Å². The molecule has 0 saturated heterocycles. The molecule has 3 nitrogen and oxygen atoms in total. The van der Waals surface area contributed by atoms with E-state index in [2.05, 4.69) is 0 Å². The highest BCUT2D eigenvalue weighted by Gasteiger charge is 2.15. The molecule has 0 radical (unpaired) electrons. The number of nitrogens with zero attached hydrogens (tertiary/aromatic N) is 2. The number of carbonyl (C=O) groups excluding carboxylic acids is 1. The summed E-state index contributed by atoms with van der Waals surface area (Å²) in [7, 11) is 1.81. The number of aryl methyl sites for hydroxylation is 1. The maximum Gasteiger partial charge on any atom is 0.223 e.